The SMILES string of the molecule is C=CC(C)(C)c1cc(C=CC(=O)c2ccc(OC(=O)C(C)(C)C)cc2)c(OC(C)C)cc1OC(=O)C(C)(C)C. The first-order valence-corrected chi connectivity index (χ1v) is 13.1. The molecule has 0 atom stereocenters. The fourth-order valence-corrected chi connectivity index (χ4v) is 3.22. The Balaban J connectivity index is 2.46. The van der Waals surface area contributed by atoms with Gasteiger partial charge in [0.05, 0.1) is 16.9 Å². The molecule has 0 fully saturated rings. The number of allylic oxidation sites excluding steroid dienone is 2. The van der Waals surface area contributed by atoms with E-state index in [2.05, 4.69) is 6.58 Å². The van der Waals surface area contributed by atoms with Gasteiger partial charge in [-0.05, 0) is 97.9 Å². The molecule has 2 aromatic carbocycles. The molecule has 0 aliphatic carbocycles. The minimum absolute atomic E-state index is 0.152. The van der Waals surface area contributed by atoms with E-state index in [1.807, 2.05) is 33.8 Å². The quantitative estimate of drug-likeness (QED) is 0.108. The number of ketones is 1. The molecule has 2 aromatic rings. The lowest BCUT2D eigenvalue weighted by atomic mass is 9.83. The Morgan fingerprint density at radius 3 is 1.82 bits per heavy atom. The van der Waals surface area contributed by atoms with E-state index in [4.69, 9.17) is 14.2 Å². The summed E-state index contributed by atoms with van der Waals surface area (Å²) in [6.45, 7) is 22.4. The number of benzene rings is 2. The third kappa shape index (κ3) is 8.67. The average molecular weight is 535 g/mol. The molecule has 210 valence electrons. The molecule has 0 radical (unpaired) electrons. The van der Waals surface area contributed by atoms with Gasteiger partial charge in [-0.15, -0.1) is 6.58 Å². The molecule has 0 heterocycles. The van der Waals surface area contributed by atoms with Gasteiger partial charge in [0.15, 0.2) is 5.78 Å². The van der Waals surface area contributed by atoms with Gasteiger partial charge in [-0.25, -0.2) is 0 Å². The second-order valence-electron chi connectivity index (χ2n) is 12.5. The summed E-state index contributed by atoms with van der Waals surface area (Å²) in [5.74, 6) is 0.299. The number of carbonyl (C=O) groups excluding carboxylic acids is 3. The number of ether oxygens (including phenoxy) is 3. The van der Waals surface area contributed by atoms with Crippen LogP contribution in [0, 0.1) is 10.8 Å². The summed E-state index contributed by atoms with van der Waals surface area (Å²) < 4.78 is 17.3. The molecule has 0 aliphatic rings. The fraction of sp³-hybridized carbons (Fsp3) is 0.424. The highest BCUT2D eigenvalue weighted by Crippen LogP contribution is 2.39. The lowest BCUT2D eigenvalue weighted by molar-refractivity contribution is -0.143. The summed E-state index contributed by atoms with van der Waals surface area (Å²) in [6.07, 6.45) is 4.78. The van der Waals surface area contributed by atoms with Crippen molar-refractivity contribution in [1.82, 2.24) is 0 Å². The van der Waals surface area contributed by atoms with Crippen LogP contribution in [0.5, 0.6) is 17.2 Å². The van der Waals surface area contributed by atoms with Gasteiger partial charge in [0.2, 0.25) is 0 Å². The van der Waals surface area contributed by atoms with Gasteiger partial charge < -0.3 is 14.2 Å². The van der Waals surface area contributed by atoms with Crippen LogP contribution in [0.15, 0.2) is 55.1 Å². The van der Waals surface area contributed by atoms with E-state index in [0.29, 0.717) is 28.4 Å². The Hall–Kier alpha value is -3.67. The van der Waals surface area contributed by atoms with Gasteiger partial charge in [-0.1, -0.05) is 19.9 Å². The number of esters is 2. The molecule has 0 saturated heterocycles. The van der Waals surface area contributed by atoms with Crippen LogP contribution in [0.3, 0.4) is 0 Å². The smallest absolute Gasteiger partial charge is 0.316 e. The van der Waals surface area contributed by atoms with E-state index >= 15 is 0 Å². The molecule has 2 rings (SSSR count). The monoisotopic (exact) mass is 534 g/mol. The Kier molecular flexibility index (Phi) is 9.72. The Labute approximate surface area is 233 Å². The first-order chi connectivity index (χ1) is 17.8. The number of carbonyl (C=O) groups is 3. The van der Waals surface area contributed by atoms with Crippen LogP contribution in [-0.2, 0) is 15.0 Å². The molecule has 39 heavy (non-hydrogen) atoms. The molecule has 0 aromatic heterocycles. The van der Waals surface area contributed by atoms with Crippen molar-refractivity contribution < 1.29 is 28.6 Å². The van der Waals surface area contributed by atoms with Gasteiger partial charge in [-0.3, -0.25) is 14.4 Å². The first-order valence-electron chi connectivity index (χ1n) is 13.1. The molecule has 0 amide bonds. The third-order valence-electron chi connectivity index (χ3n) is 5.87. The van der Waals surface area contributed by atoms with Gasteiger partial charge in [0.25, 0.3) is 0 Å². The molecule has 0 aliphatic heterocycles. The lowest BCUT2D eigenvalue weighted by Gasteiger charge is -2.27. The summed E-state index contributed by atoms with van der Waals surface area (Å²) >= 11 is 0. The van der Waals surface area contributed by atoms with Crippen molar-refractivity contribution in [2.45, 2.75) is 80.8 Å². The van der Waals surface area contributed by atoms with E-state index < -0.39 is 16.2 Å². The zero-order chi connectivity index (χ0) is 29.8. The summed E-state index contributed by atoms with van der Waals surface area (Å²) in [7, 11) is 0. The Bertz CT molecular complexity index is 1250. The van der Waals surface area contributed by atoms with Crippen LogP contribution < -0.4 is 14.2 Å². The van der Waals surface area contributed by atoms with Crippen molar-refractivity contribution in [1.29, 1.82) is 0 Å². The van der Waals surface area contributed by atoms with Crippen LogP contribution in [0.2, 0.25) is 0 Å². The van der Waals surface area contributed by atoms with Crippen LogP contribution in [-0.4, -0.2) is 23.8 Å². The van der Waals surface area contributed by atoms with Gasteiger partial charge in [0.1, 0.15) is 17.2 Å². The molecule has 0 bridgehead atoms. The van der Waals surface area contributed by atoms with Crippen molar-refractivity contribution in [2.75, 3.05) is 0 Å². The standard InChI is InChI=1S/C33H42O6/c1-12-33(10,11)25-19-23(27(37-21(2)3)20-28(25)39-30(36)32(7,8)9)15-18-26(34)22-13-16-24(17-14-22)38-29(35)31(4,5)6/h12-21H,1H2,2-11H3. The molecule has 6 heteroatoms. The van der Waals surface area contributed by atoms with E-state index in [-0.39, 0.29) is 23.8 Å². The molecule has 6 nitrogen and oxygen atoms in total. The normalized spacial score (nSPS) is 12.4. The number of hydrogen-bond acceptors (Lipinski definition) is 6. The largest absolute Gasteiger partial charge is 0.490 e. The van der Waals surface area contributed by atoms with Crippen LogP contribution in [0.25, 0.3) is 6.08 Å². The van der Waals surface area contributed by atoms with E-state index in [1.165, 1.54) is 6.08 Å². The van der Waals surface area contributed by atoms with E-state index in [1.54, 1.807) is 84.0 Å². The van der Waals surface area contributed by atoms with Gasteiger partial charge >= 0.3 is 11.9 Å². The predicted octanol–water partition coefficient (Wildman–Crippen LogP) is 7.74. The zero-order valence-corrected chi connectivity index (χ0v) is 24.9. The third-order valence-corrected chi connectivity index (χ3v) is 5.87. The summed E-state index contributed by atoms with van der Waals surface area (Å²) in [5, 5.41) is 0. The fourth-order valence-electron chi connectivity index (χ4n) is 3.22. The average Bonchev–Trinajstić information content (AvgIpc) is 2.82. The van der Waals surface area contributed by atoms with E-state index in [9.17, 15) is 14.4 Å². The molecule has 0 N–H and O–H groups in total. The van der Waals surface area contributed by atoms with Crippen molar-refractivity contribution >= 4 is 23.8 Å². The second-order valence-corrected chi connectivity index (χ2v) is 12.5. The van der Waals surface area contributed by atoms with Crippen molar-refractivity contribution in [3.8, 4) is 17.2 Å². The number of rotatable bonds is 9. The van der Waals surface area contributed by atoms with Crippen molar-refractivity contribution in [2.24, 2.45) is 10.8 Å². The highest BCUT2D eigenvalue weighted by atomic mass is 16.5. The second kappa shape index (κ2) is 12.0. The predicted molar refractivity (Wildman–Crippen MR) is 155 cm³/mol. The molecular weight excluding hydrogens is 492 g/mol. The van der Waals surface area contributed by atoms with Gasteiger partial charge in [0, 0.05) is 28.2 Å². The van der Waals surface area contributed by atoms with Crippen molar-refractivity contribution in [3.05, 3.63) is 71.8 Å². The Morgan fingerprint density at radius 2 is 1.33 bits per heavy atom. The van der Waals surface area contributed by atoms with Crippen LogP contribution >= 0.6 is 0 Å². The first kappa shape index (κ1) is 31.5. The maximum absolute atomic E-state index is 13.0. The Morgan fingerprint density at radius 1 is 0.795 bits per heavy atom. The maximum Gasteiger partial charge on any atom is 0.316 e. The summed E-state index contributed by atoms with van der Waals surface area (Å²) in [5.41, 5.74) is -0.0176. The highest BCUT2D eigenvalue weighted by molar-refractivity contribution is 6.07. The highest BCUT2D eigenvalue weighted by Gasteiger charge is 2.29. The summed E-state index contributed by atoms with van der Waals surface area (Å²) in [4.78, 5) is 37.9. The van der Waals surface area contributed by atoms with E-state index in [0.717, 1.165) is 5.56 Å². The minimum atomic E-state index is -0.694. The molecule has 0 spiro atoms. The zero-order valence-electron chi connectivity index (χ0n) is 24.9. The van der Waals surface area contributed by atoms with Crippen LogP contribution in [0.1, 0.15) is 90.7 Å². The molecule has 0 unspecified atom stereocenters. The maximum atomic E-state index is 13.0. The summed E-state index contributed by atoms with van der Waals surface area (Å²) in [6, 6.07) is 9.99. The number of hydrogen-bond donors (Lipinski definition) is 0. The topological polar surface area (TPSA) is 78.9 Å². The molecular formula is C33H42O6. The van der Waals surface area contributed by atoms with Crippen LogP contribution in [0.4, 0.5) is 0 Å². The molecule has 0 saturated carbocycles. The minimum Gasteiger partial charge on any atom is -0.490 e. The lowest BCUT2D eigenvalue weighted by Crippen LogP contribution is -2.27. The van der Waals surface area contributed by atoms with Crippen molar-refractivity contribution in [3.63, 3.8) is 0 Å². The van der Waals surface area contributed by atoms with Gasteiger partial charge in [-0.2, -0.15) is 0 Å².